The number of fused-ring (bicyclic) bond motifs is 2. The number of rotatable bonds is 7. The Bertz CT molecular complexity index is 1460. The molecule has 4 rings (SSSR count). The van der Waals surface area contributed by atoms with Crippen LogP contribution in [0, 0.1) is 6.92 Å². The highest BCUT2D eigenvalue weighted by atomic mass is 16.5. The number of methoxy groups -OCH3 is 1. The molecule has 0 bridgehead atoms. The Kier molecular flexibility index (Phi) is 6.41. The van der Waals surface area contributed by atoms with Crippen LogP contribution in [0.5, 0.6) is 0 Å². The molecule has 0 spiro atoms. The van der Waals surface area contributed by atoms with Gasteiger partial charge in [-0.3, -0.25) is 9.59 Å². The molecule has 0 saturated heterocycles. The number of ether oxygens (including phenoxy) is 1. The van der Waals surface area contributed by atoms with Crippen molar-refractivity contribution in [1.82, 2.24) is 0 Å². The lowest BCUT2D eigenvalue weighted by Crippen LogP contribution is -2.09. The molecule has 2 aromatic carbocycles. The molecule has 34 heavy (non-hydrogen) atoms. The minimum absolute atomic E-state index is 0.0383. The van der Waals surface area contributed by atoms with E-state index in [-0.39, 0.29) is 36.3 Å². The number of benzene rings is 3. The second-order valence-electron chi connectivity index (χ2n) is 8.42. The molecule has 1 heterocycles. The highest BCUT2D eigenvalue weighted by molar-refractivity contribution is 6.08. The molecular formula is C28H24O6. The van der Waals surface area contributed by atoms with E-state index in [1.54, 1.807) is 24.3 Å². The van der Waals surface area contributed by atoms with E-state index in [1.807, 2.05) is 25.1 Å². The first-order chi connectivity index (χ1) is 16.3. The molecule has 1 aliphatic heterocycles. The summed E-state index contributed by atoms with van der Waals surface area (Å²) in [4.78, 5) is 48.4. The van der Waals surface area contributed by atoms with Gasteiger partial charge in [0.05, 0.1) is 12.7 Å². The van der Waals surface area contributed by atoms with Gasteiger partial charge < -0.3 is 13.9 Å². The Morgan fingerprint density at radius 2 is 1.68 bits per heavy atom. The molecule has 1 aliphatic carbocycles. The maximum Gasteiger partial charge on any atom is 0.338 e. The van der Waals surface area contributed by atoms with Gasteiger partial charge in [0.15, 0.2) is 5.43 Å². The average Bonchev–Trinajstić information content (AvgIpc) is 2.80. The quantitative estimate of drug-likeness (QED) is 0.282. The SMILES string of the molecule is COC(=O)c1cc(CC(=O)CCC(C)=O)ccc1-c1c2ccc(=O)cc-2oc2cc(C)ccc12. The van der Waals surface area contributed by atoms with Crippen LogP contribution in [-0.4, -0.2) is 24.6 Å². The Morgan fingerprint density at radius 3 is 2.41 bits per heavy atom. The van der Waals surface area contributed by atoms with E-state index in [2.05, 4.69) is 0 Å². The summed E-state index contributed by atoms with van der Waals surface area (Å²) >= 11 is 0. The number of Topliss-reactive ketones (excluding diaryl/α,β-unsaturated/α-hetero) is 2. The van der Waals surface area contributed by atoms with Crippen molar-refractivity contribution in [3.8, 4) is 22.5 Å². The van der Waals surface area contributed by atoms with Gasteiger partial charge in [0, 0.05) is 41.8 Å². The number of esters is 1. The van der Waals surface area contributed by atoms with Crippen LogP contribution in [0.15, 0.2) is 63.8 Å². The first-order valence-electron chi connectivity index (χ1n) is 11.0. The lowest BCUT2D eigenvalue weighted by Gasteiger charge is -2.18. The molecule has 0 atom stereocenters. The molecule has 0 N–H and O–H groups in total. The maximum atomic E-state index is 12.8. The molecule has 0 saturated carbocycles. The first kappa shape index (κ1) is 23.1. The van der Waals surface area contributed by atoms with Crippen LogP contribution in [0.2, 0.25) is 0 Å². The van der Waals surface area contributed by atoms with Gasteiger partial charge in [0.1, 0.15) is 22.9 Å². The van der Waals surface area contributed by atoms with Crippen LogP contribution in [0.25, 0.3) is 33.4 Å². The van der Waals surface area contributed by atoms with Gasteiger partial charge in [-0.15, -0.1) is 0 Å². The van der Waals surface area contributed by atoms with E-state index >= 15 is 0 Å². The lowest BCUT2D eigenvalue weighted by atomic mass is 9.89. The van der Waals surface area contributed by atoms with Gasteiger partial charge >= 0.3 is 5.97 Å². The fraction of sp³-hybridized carbons (Fsp3) is 0.214. The van der Waals surface area contributed by atoms with Gasteiger partial charge in [-0.1, -0.05) is 24.3 Å². The van der Waals surface area contributed by atoms with Crippen molar-refractivity contribution in [2.24, 2.45) is 0 Å². The molecule has 0 aromatic heterocycles. The second kappa shape index (κ2) is 9.43. The van der Waals surface area contributed by atoms with Crippen molar-refractivity contribution in [2.75, 3.05) is 7.11 Å². The fourth-order valence-electron chi connectivity index (χ4n) is 4.10. The fourth-order valence-corrected chi connectivity index (χ4v) is 4.10. The van der Waals surface area contributed by atoms with Crippen molar-refractivity contribution >= 4 is 28.5 Å². The molecule has 172 valence electrons. The summed E-state index contributed by atoms with van der Waals surface area (Å²) in [5.74, 6) is -0.238. The molecule has 2 aliphatic rings. The second-order valence-corrected chi connectivity index (χ2v) is 8.42. The number of carbonyl (C=O) groups is 3. The highest BCUT2D eigenvalue weighted by Crippen LogP contribution is 2.41. The van der Waals surface area contributed by atoms with Crippen molar-refractivity contribution in [1.29, 1.82) is 0 Å². The van der Waals surface area contributed by atoms with Crippen molar-refractivity contribution < 1.29 is 23.5 Å². The minimum atomic E-state index is -0.539. The Labute approximate surface area is 196 Å². The predicted molar refractivity (Wildman–Crippen MR) is 129 cm³/mol. The molecule has 0 amide bonds. The summed E-state index contributed by atoms with van der Waals surface area (Å²) in [6.07, 6.45) is 0.478. The topological polar surface area (TPSA) is 90.7 Å². The van der Waals surface area contributed by atoms with Crippen LogP contribution >= 0.6 is 0 Å². The Balaban J connectivity index is 1.92. The monoisotopic (exact) mass is 456 g/mol. The average molecular weight is 456 g/mol. The van der Waals surface area contributed by atoms with Gasteiger partial charge in [-0.25, -0.2) is 4.79 Å². The third kappa shape index (κ3) is 4.66. The largest absolute Gasteiger partial charge is 0.465 e. The van der Waals surface area contributed by atoms with Gasteiger partial charge in [-0.2, -0.15) is 0 Å². The standard InChI is InChI=1S/C28H24O6/c1-16-4-9-22-25(12-16)34-26-15-20(31)8-11-23(26)27(22)21-10-6-18(14-24(21)28(32)33-3)13-19(30)7-5-17(2)29/h4,6,8-12,14-15H,5,7,13H2,1-3H3. The summed E-state index contributed by atoms with van der Waals surface area (Å²) in [7, 11) is 1.31. The van der Waals surface area contributed by atoms with E-state index in [1.165, 1.54) is 26.2 Å². The molecule has 6 nitrogen and oxygen atoms in total. The van der Waals surface area contributed by atoms with Crippen molar-refractivity contribution in [3.05, 3.63) is 81.5 Å². The van der Waals surface area contributed by atoms with Crippen LogP contribution in [-0.2, 0) is 20.7 Å². The van der Waals surface area contributed by atoms with E-state index in [9.17, 15) is 19.2 Å². The summed E-state index contributed by atoms with van der Waals surface area (Å²) in [5.41, 5.74) is 4.41. The van der Waals surface area contributed by atoms with Crippen molar-refractivity contribution in [2.45, 2.75) is 33.1 Å². The Hall–Kier alpha value is -4.06. The van der Waals surface area contributed by atoms with E-state index in [0.29, 0.717) is 33.6 Å². The summed E-state index contributed by atoms with van der Waals surface area (Å²) in [6, 6.07) is 15.6. The van der Waals surface area contributed by atoms with Gasteiger partial charge in [-0.05, 0) is 54.8 Å². The molecule has 0 fully saturated rings. The molecular weight excluding hydrogens is 432 g/mol. The van der Waals surface area contributed by atoms with Crippen LogP contribution < -0.4 is 5.43 Å². The summed E-state index contributed by atoms with van der Waals surface area (Å²) < 4.78 is 11.1. The van der Waals surface area contributed by atoms with Crippen LogP contribution in [0.1, 0.15) is 41.3 Å². The minimum Gasteiger partial charge on any atom is -0.465 e. The van der Waals surface area contributed by atoms with E-state index < -0.39 is 5.97 Å². The smallest absolute Gasteiger partial charge is 0.338 e. The molecule has 2 aromatic rings. The predicted octanol–water partition coefficient (Wildman–Crippen LogP) is 5.14. The zero-order chi connectivity index (χ0) is 24.4. The first-order valence-corrected chi connectivity index (χ1v) is 11.0. The number of carbonyl (C=O) groups excluding carboxylic acids is 3. The normalized spacial score (nSPS) is 11.0. The third-order valence-electron chi connectivity index (χ3n) is 5.76. The van der Waals surface area contributed by atoms with E-state index in [4.69, 9.17) is 9.15 Å². The van der Waals surface area contributed by atoms with Gasteiger partial charge in [0.25, 0.3) is 0 Å². The summed E-state index contributed by atoms with van der Waals surface area (Å²) in [5, 5.41) is 0.784. The molecule has 0 unspecified atom stereocenters. The third-order valence-corrected chi connectivity index (χ3v) is 5.76. The number of aryl methyl sites for hydroxylation is 1. The van der Waals surface area contributed by atoms with Crippen molar-refractivity contribution in [3.63, 3.8) is 0 Å². The Morgan fingerprint density at radius 1 is 0.912 bits per heavy atom. The number of hydrogen-bond acceptors (Lipinski definition) is 6. The lowest BCUT2D eigenvalue weighted by molar-refractivity contribution is -0.122. The number of hydrogen-bond donors (Lipinski definition) is 0. The molecule has 6 heteroatoms. The van der Waals surface area contributed by atoms with Gasteiger partial charge in [0.2, 0.25) is 0 Å². The molecule has 0 radical (unpaired) electrons. The highest BCUT2D eigenvalue weighted by Gasteiger charge is 2.23. The zero-order valence-corrected chi connectivity index (χ0v) is 19.3. The summed E-state index contributed by atoms with van der Waals surface area (Å²) in [6.45, 7) is 3.40. The zero-order valence-electron chi connectivity index (χ0n) is 19.3. The van der Waals surface area contributed by atoms with Crippen LogP contribution in [0.4, 0.5) is 0 Å². The van der Waals surface area contributed by atoms with Crippen LogP contribution in [0.3, 0.4) is 0 Å². The maximum absolute atomic E-state index is 12.8. The van der Waals surface area contributed by atoms with E-state index in [0.717, 1.165) is 16.5 Å². The number of ketones is 2.